The van der Waals surface area contributed by atoms with Crippen molar-refractivity contribution >= 4 is 17.6 Å². The van der Waals surface area contributed by atoms with Crippen molar-refractivity contribution in [2.75, 3.05) is 32.0 Å². The van der Waals surface area contributed by atoms with Crippen molar-refractivity contribution in [3.8, 4) is 0 Å². The van der Waals surface area contributed by atoms with Gasteiger partial charge in [0, 0.05) is 25.5 Å². The lowest BCUT2D eigenvalue weighted by molar-refractivity contribution is -0.150. The van der Waals surface area contributed by atoms with Gasteiger partial charge in [-0.2, -0.15) is 0 Å². The lowest BCUT2D eigenvalue weighted by Crippen LogP contribution is -2.38. The Kier molecular flexibility index (Phi) is 36.8. The molecule has 1 unspecified atom stereocenters. The molecule has 0 aromatic heterocycles. The van der Waals surface area contributed by atoms with E-state index in [1.54, 1.807) is 7.05 Å². The van der Waals surface area contributed by atoms with Crippen LogP contribution in [0.25, 0.3) is 0 Å². The van der Waals surface area contributed by atoms with E-state index < -0.39 is 0 Å². The zero-order valence-electron chi connectivity index (χ0n) is 40.1. The molecule has 1 aromatic rings. The molecule has 0 radical (unpaired) electrons. The molecule has 1 N–H and O–H groups in total. The summed E-state index contributed by atoms with van der Waals surface area (Å²) in [6, 6.07) is 0. The van der Waals surface area contributed by atoms with Crippen LogP contribution >= 0.6 is 0 Å². The number of hydrogen-bond donors (Lipinski definition) is 1. The van der Waals surface area contributed by atoms with Gasteiger partial charge in [0.15, 0.2) is 0 Å². The first kappa shape index (κ1) is 55.8. The molecule has 8 nitrogen and oxygen atoms in total. The van der Waals surface area contributed by atoms with Gasteiger partial charge >= 0.3 is 11.9 Å². The Bertz CT molecular complexity index is 1210. The fourth-order valence-electron chi connectivity index (χ4n) is 8.58. The summed E-state index contributed by atoms with van der Waals surface area (Å²) in [5.74, 6) is -0.0384. The van der Waals surface area contributed by atoms with E-state index in [0.717, 1.165) is 135 Å². The highest BCUT2D eigenvalue weighted by Gasteiger charge is 2.19. The molecule has 0 saturated carbocycles. The van der Waals surface area contributed by atoms with Gasteiger partial charge in [0.25, 0.3) is 0 Å². The van der Waals surface area contributed by atoms with Gasteiger partial charge in [-0.05, 0) is 103 Å². The Balaban J connectivity index is 2.40. The van der Waals surface area contributed by atoms with Crippen LogP contribution in [0.15, 0.2) is 9.59 Å². The standard InChI is InChI=1S/C52H96N2O6/c1-6-10-13-16-21-28-36-45(9-4)59-48(55)40-31-24-19-26-33-42-54(44-35-39-47-50(53-5)52(58)51(47)57)43-34-27-20-25-32-41-49(56)60-46(37-29-22-17-14-11-7-2)38-30-23-18-15-12-8-3/h45-46,53H,6-44H2,1-5H3. The van der Waals surface area contributed by atoms with Gasteiger partial charge in [-0.3, -0.25) is 19.2 Å². The Morgan fingerprint density at radius 1 is 0.467 bits per heavy atom. The summed E-state index contributed by atoms with van der Waals surface area (Å²) in [6.07, 6.45) is 40.0. The fraction of sp³-hybridized carbons (Fsp3) is 0.885. The van der Waals surface area contributed by atoms with Crippen molar-refractivity contribution in [3.63, 3.8) is 0 Å². The summed E-state index contributed by atoms with van der Waals surface area (Å²) in [6.45, 7) is 11.8. The van der Waals surface area contributed by atoms with Crippen LogP contribution in [0.2, 0.25) is 0 Å². The lowest BCUT2D eigenvalue weighted by Gasteiger charge is -2.23. The second kappa shape index (κ2) is 39.6. The molecule has 1 rings (SSSR count). The van der Waals surface area contributed by atoms with E-state index in [1.165, 1.54) is 96.3 Å². The number of esters is 2. The topological polar surface area (TPSA) is 102 Å². The summed E-state index contributed by atoms with van der Waals surface area (Å²) in [7, 11) is 1.71. The number of nitrogens with one attached hydrogen (secondary N) is 1. The number of ether oxygens (including phenoxy) is 2. The Labute approximate surface area is 369 Å². The molecule has 0 aliphatic carbocycles. The number of rotatable bonds is 45. The Morgan fingerprint density at radius 3 is 1.27 bits per heavy atom. The summed E-state index contributed by atoms with van der Waals surface area (Å²) in [4.78, 5) is 51.9. The molecule has 8 heteroatoms. The Hall–Kier alpha value is -2.22. The van der Waals surface area contributed by atoms with E-state index in [2.05, 4.69) is 37.9 Å². The maximum atomic E-state index is 12.9. The molecule has 0 spiro atoms. The Morgan fingerprint density at radius 2 is 0.833 bits per heavy atom. The number of nitrogens with zero attached hydrogens (tertiary/aromatic N) is 1. The van der Waals surface area contributed by atoms with Gasteiger partial charge in [-0.15, -0.1) is 0 Å². The molecule has 0 fully saturated rings. The van der Waals surface area contributed by atoms with Crippen molar-refractivity contribution < 1.29 is 19.1 Å². The molecular formula is C52H96N2O6. The van der Waals surface area contributed by atoms with E-state index in [4.69, 9.17) is 9.47 Å². The van der Waals surface area contributed by atoms with Crippen LogP contribution in [-0.2, 0) is 25.5 Å². The first-order valence-electron chi connectivity index (χ1n) is 25.9. The van der Waals surface area contributed by atoms with Crippen LogP contribution in [0.4, 0.5) is 5.69 Å². The normalized spacial score (nSPS) is 12.2. The average molecular weight is 845 g/mol. The average Bonchev–Trinajstić information content (AvgIpc) is 3.24. The molecule has 0 aliphatic rings. The van der Waals surface area contributed by atoms with Gasteiger partial charge in [0.2, 0.25) is 10.9 Å². The van der Waals surface area contributed by atoms with Gasteiger partial charge in [0.1, 0.15) is 12.2 Å². The van der Waals surface area contributed by atoms with E-state index in [1.807, 2.05) is 0 Å². The van der Waals surface area contributed by atoms with Crippen LogP contribution in [0.5, 0.6) is 0 Å². The maximum Gasteiger partial charge on any atom is 0.306 e. The summed E-state index contributed by atoms with van der Waals surface area (Å²) in [5, 5.41) is 2.91. The highest BCUT2D eigenvalue weighted by atomic mass is 16.5. The molecule has 60 heavy (non-hydrogen) atoms. The van der Waals surface area contributed by atoms with Crippen molar-refractivity contribution in [2.45, 2.75) is 271 Å². The second-order valence-electron chi connectivity index (χ2n) is 18.0. The summed E-state index contributed by atoms with van der Waals surface area (Å²) < 4.78 is 11.9. The number of carbonyl (C=O) groups is 2. The van der Waals surface area contributed by atoms with Gasteiger partial charge in [0.05, 0.1) is 5.69 Å². The first-order valence-corrected chi connectivity index (χ1v) is 25.9. The van der Waals surface area contributed by atoms with Crippen molar-refractivity contribution in [2.24, 2.45) is 0 Å². The van der Waals surface area contributed by atoms with Gasteiger partial charge < -0.3 is 19.7 Å². The predicted octanol–water partition coefficient (Wildman–Crippen LogP) is 13.7. The third kappa shape index (κ3) is 29.1. The van der Waals surface area contributed by atoms with E-state index in [-0.39, 0.29) is 35.0 Å². The van der Waals surface area contributed by atoms with Crippen molar-refractivity contribution in [1.82, 2.24) is 4.90 Å². The second-order valence-corrected chi connectivity index (χ2v) is 18.0. The van der Waals surface area contributed by atoms with Crippen LogP contribution in [0, 0.1) is 0 Å². The number of unbranched alkanes of at least 4 members (excludes halogenated alkanes) is 23. The monoisotopic (exact) mass is 845 g/mol. The molecule has 1 atom stereocenters. The van der Waals surface area contributed by atoms with Crippen LogP contribution in [-0.4, -0.2) is 55.7 Å². The van der Waals surface area contributed by atoms with Crippen LogP contribution in [0.1, 0.15) is 258 Å². The molecule has 0 aliphatic heterocycles. The SMILES string of the molecule is CCCCCCCCC(CC)OC(=O)CCCCCCCN(CCCCCCCC(=O)OC(CCCCCCCC)CCCCCCCC)CCCc1c(NC)c(=O)c1=O. The van der Waals surface area contributed by atoms with Crippen LogP contribution in [0.3, 0.4) is 0 Å². The predicted molar refractivity (Wildman–Crippen MR) is 255 cm³/mol. The summed E-state index contributed by atoms with van der Waals surface area (Å²) in [5.41, 5.74) is 0.440. The smallest absolute Gasteiger partial charge is 0.306 e. The van der Waals surface area contributed by atoms with Gasteiger partial charge in [-0.1, -0.05) is 163 Å². The number of hydrogen-bond acceptors (Lipinski definition) is 8. The van der Waals surface area contributed by atoms with E-state index in [0.29, 0.717) is 30.5 Å². The van der Waals surface area contributed by atoms with E-state index in [9.17, 15) is 19.2 Å². The third-order valence-electron chi connectivity index (χ3n) is 12.6. The minimum atomic E-state index is -0.384. The zero-order valence-corrected chi connectivity index (χ0v) is 40.1. The highest BCUT2D eigenvalue weighted by Crippen LogP contribution is 2.19. The van der Waals surface area contributed by atoms with Gasteiger partial charge in [-0.25, -0.2) is 0 Å². The zero-order chi connectivity index (χ0) is 43.9. The largest absolute Gasteiger partial charge is 0.462 e. The lowest BCUT2D eigenvalue weighted by atomic mass is 10.0. The van der Waals surface area contributed by atoms with E-state index >= 15 is 0 Å². The molecule has 0 bridgehead atoms. The third-order valence-corrected chi connectivity index (χ3v) is 12.6. The fourth-order valence-corrected chi connectivity index (χ4v) is 8.58. The molecule has 0 amide bonds. The van der Waals surface area contributed by atoms with Crippen LogP contribution < -0.4 is 16.2 Å². The quantitative estimate of drug-likeness (QED) is 0.0393. The van der Waals surface area contributed by atoms with Crippen molar-refractivity contribution in [3.05, 3.63) is 26.0 Å². The minimum Gasteiger partial charge on any atom is -0.462 e. The highest BCUT2D eigenvalue weighted by molar-refractivity contribution is 5.69. The maximum absolute atomic E-state index is 12.9. The molecule has 1 aromatic carbocycles. The molecule has 0 heterocycles. The minimum absolute atomic E-state index is 0.00445. The number of anilines is 1. The first-order chi connectivity index (χ1) is 29.3. The van der Waals surface area contributed by atoms with Crippen molar-refractivity contribution in [1.29, 1.82) is 0 Å². The molecule has 0 saturated heterocycles. The molecule has 350 valence electrons. The summed E-state index contributed by atoms with van der Waals surface area (Å²) >= 11 is 0. The number of carbonyl (C=O) groups excluding carboxylic acids is 2. The molecular weight excluding hydrogens is 749 g/mol.